The molecular weight excluding hydrogens is 452 g/mol. The van der Waals surface area contributed by atoms with E-state index in [1.54, 1.807) is 18.7 Å². The highest BCUT2D eigenvalue weighted by Gasteiger charge is 2.26. The standard InChI is InChI=1S/C29H28N4O3/c1-19-9-7-8-12-25(19)33-26(21-14-30-32(15-21)22-17-36-18-22)13-23-24(16-31(2)29(34)27(23)33)28(35-3)20-10-5-4-6-11-20/h4-16,22,28H,17-18H2,1-3H3. The van der Waals surface area contributed by atoms with Crippen molar-refractivity contribution in [1.29, 1.82) is 0 Å². The number of benzene rings is 2. The number of para-hydroxylation sites is 1. The molecule has 2 aromatic carbocycles. The molecule has 7 heteroatoms. The van der Waals surface area contributed by atoms with Crippen LogP contribution in [0.2, 0.25) is 0 Å². The van der Waals surface area contributed by atoms with Gasteiger partial charge in [-0.05, 0) is 30.2 Å². The smallest absolute Gasteiger partial charge is 0.275 e. The predicted molar refractivity (Wildman–Crippen MR) is 140 cm³/mol. The number of nitrogens with zero attached hydrogens (tertiary/aromatic N) is 4. The molecule has 1 fully saturated rings. The van der Waals surface area contributed by atoms with Gasteiger partial charge in [-0.15, -0.1) is 0 Å². The van der Waals surface area contributed by atoms with Gasteiger partial charge in [0, 0.05) is 48.8 Å². The number of aryl methyl sites for hydroxylation is 2. The Morgan fingerprint density at radius 2 is 1.81 bits per heavy atom. The summed E-state index contributed by atoms with van der Waals surface area (Å²) in [5, 5.41) is 5.49. The molecule has 182 valence electrons. The van der Waals surface area contributed by atoms with Gasteiger partial charge >= 0.3 is 0 Å². The van der Waals surface area contributed by atoms with E-state index in [0.717, 1.165) is 39.0 Å². The maximum absolute atomic E-state index is 13.7. The Balaban J connectivity index is 1.67. The van der Waals surface area contributed by atoms with E-state index in [4.69, 9.17) is 9.47 Å². The van der Waals surface area contributed by atoms with Gasteiger partial charge in [-0.2, -0.15) is 5.10 Å². The third-order valence-corrected chi connectivity index (χ3v) is 7.04. The van der Waals surface area contributed by atoms with E-state index in [-0.39, 0.29) is 17.7 Å². The Hall–Kier alpha value is -3.94. The third kappa shape index (κ3) is 3.59. The number of pyridine rings is 1. The first-order valence-corrected chi connectivity index (χ1v) is 12.1. The van der Waals surface area contributed by atoms with Crippen molar-refractivity contribution in [2.75, 3.05) is 20.3 Å². The zero-order chi connectivity index (χ0) is 24.8. The van der Waals surface area contributed by atoms with Crippen LogP contribution in [-0.2, 0) is 16.5 Å². The van der Waals surface area contributed by atoms with E-state index in [1.165, 1.54) is 0 Å². The molecule has 0 N–H and O–H groups in total. The molecule has 0 saturated carbocycles. The number of rotatable bonds is 6. The van der Waals surface area contributed by atoms with Crippen LogP contribution in [0.3, 0.4) is 0 Å². The lowest BCUT2D eigenvalue weighted by Crippen LogP contribution is -2.30. The molecule has 0 amide bonds. The summed E-state index contributed by atoms with van der Waals surface area (Å²) < 4.78 is 17.1. The fourth-order valence-electron chi connectivity index (χ4n) is 5.05. The normalized spacial score (nSPS) is 14.8. The van der Waals surface area contributed by atoms with Crippen LogP contribution in [0.25, 0.3) is 27.8 Å². The second kappa shape index (κ2) is 8.93. The molecule has 5 aromatic rings. The fraction of sp³-hybridized carbons (Fsp3) is 0.241. The highest BCUT2D eigenvalue weighted by molar-refractivity contribution is 5.91. The highest BCUT2D eigenvalue weighted by atomic mass is 16.5. The summed E-state index contributed by atoms with van der Waals surface area (Å²) in [4.78, 5) is 13.7. The molecule has 36 heavy (non-hydrogen) atoms. The summed E-state index contributed by atoms with van der Waals surface area (Å²) in [6.45, 7) is 3.40. The van der Waals surface area contributed by atoms with E-state index in [2.05, 4.69) is 46.9 Å². The Bertz CT molecular complexity index is 1610. The Morgan fingerprint density at radius 1 is 1.06 bits per heavy atom. The summed E-state index contributed by atoms with van der Waals surface area (Å²) >= 11 is 0. The van der Waals surface area contributed by atoms with Crippen LogP contribution in [0.1, 0.15) is 28.8 Å². The fourth-order valence-corrected chi connectivity index (χ4v) is 5.05. The van der Waals surface area contributed by atoms with Crippen LogP contribution in [0, 0.1) is 6.92 Å². The lowest BCUT2D eigenvalue weighted by Gasteiger charge is -2.25. The van der Waals surface area contributed by atoms with Crippen molar-refractivity contribution in [3.63, 3.8) is 0 Å². The Kier molecular flexibility index (Phi) is 5.59. The Morgan fingerprint density at radius 3 is 2.50 bits per heavy atom. The van der Waals surface area contributed by atoms with E-state index in [0.29, 0.717) is 18.7 Å². The van der Waals surface area contributed by atoms with Crippen molar-refractivity contribution in [1.82, 2.24) is 18.9 Å². The van der Waals surface area contributed by atoms with Gasteiger partial charge in [-0.1, -0.05) is 48.5 Å². The average Bonchev–Trinajstić information content (AvgIpc) is 3.48. The van der Waals surface area contributed by atoms with Crippen LogP contribution >= 0.6 is 0 Å². The maximum Gasteiger partial charge on any atom is 0.275 e. The number of methoxy groups -OCH3 is 1. The van der Waals surface area contributed by atoms with Gasteiger partial charge in [0.2, 0.25) is 0 Å². The van der Waals surface area contributed by atoms with Gasteiger partial charge < -0.3 is 18.6 Å². The molecule has 1 aliphatic rings. The average molecular weight is 481 g/mol. The van der Waals surface area contributed by atoms with Gasteiger partial charge in [-0.3, -0.25) is 9.48 Å². The SMILES string of the molecule is COC(c1ccccc1)c1cn(C)c(=O)c2c1cc(-c1cnn(C3COC3)c1)n2-c1ccccc1C. The molecule has 6 rings (SSSR count). The lowest BCUT2D eigenvalue weighted by molar-refractivity contribution is -0.0286. The summed E-state index contributed by atoms with van der Waals surface area (Å²) in [5.74, 6) is 0. The molecule has 1 atom stereocenters. The zero-order valence-corrected chi connectivity index (χ0v) is 20.6. The van der Waals surface area contributed by atoms with E-state index >= 15 is 0 Å². The van der Waals surface area contributed by atoms with Crippen LogP contribution in [0.5, 0.6) is 0 Å². The minimum atomic E-state index is -0.323. The minimum absolute atomic E-state index is 0.0639. The van der Waals surface area contributed by atoms with Crippen LogP contribution in [-0.4, -0.2) is 39.2 Å². The molecule has 0 bridgehead atoms. The van der Waals surface area contributed by atoms with E-state index in [9.17, 15) is 4.79 Å². The summed E-state index contributed by atoms with van der Waals surface area (Å²) in [6, 6.07) is 20.6. The molecule has 0 spiro atoms. The number of fused-ring (bicyclic) bond motifs is 1. The second-order valence-electron chi connectivity index (χ2n) is 9.34. The molecule has 1 aliphatic heterocycles. The van der Waals surface area contributed by atoms with Crippen LogP contribution < -0.4 is 5.56 Å². The molecule has 1 saturated heterocycles. The van der Waals surface area contributed by atoms with Gasteiger partial charge in [0.15, 0.2) is 0 Å². The first-order valence-electron chi connectivity index (χ1n) is 12.1. The van der Waals surface area contributed by atoms with E-state index in [1.807, 2.05) is 53.6 Å². The molecule has 1 unspecified atom stereocenters. The largest absolute Gasteiger partial charge is 0.377 e. The van der Waals surface area contributed by atoms with E-state index < -0.39 is 0 Å². The van der Waals surface area contributed by atoms with Crippen molar-refractivity contribution < 1.29 is 9.47 Å². The summed E-state index contributed by atoms with van der Waals surface area (Å²) in [7, 11) is 3.51. The zero-order valence-electron chi connectivity index (χ0n) is 20.6. The number of ether oxygens (including phenoxy) is 2. The molecule has 0 aliphatic carbocycles. The first-order chi connectivity index (χ1) is 17.6. The summed E-state index contributed by atoms with van der Waals surface area (Å²) in [6.07, 6.45) is 5.49. The first kappa shape index (κ1) is 22.5. The monoisotopic (exact) mass is 480 g/mol. The molecule has 3 aromatic heterocycles. The Labute approximate surface area is 209 Å². The van der Waals surface area contributed by atoms with Crippen molar-refractivity contribution in [2.45, 2.75) is 19.1 Å². The molecule has 7 nitrogen and oxygen atoms in total. The van der Waals surface area contributed by atoms with Crippen molar-refractivity contribution in [3.8, 4) is 16.9 Å². The number of hydrogen-bond acceptors (Lipinski definition) is 4. The van der Waals surface area contributed by atoms with Gasteiger partial charge in [0.05, 0.1) is 31.1 Å². The second-order valence-corrected chi connectivity index (χ2v) is 9.34. The van der Waals surface area contributed by atoms with Crippen LogP contribution in [0.15, 0.2) is 84.0 Å². The van der Waals surface area contributed by atoms with Crippen LogP contribution in [0.4, 0.5) is 0 Å². The van der Waals surface area contributed by atoms with Crippen molar-refractivity contribution in [2.24, 2.45) is 7.05 Å². The molecule has 4 heterocycles. The maximum atomic E-state index is 13.7. The van der Waals surface area contributed by atoms with Gasteiger partial charge in [0.25, 0.3) is 5.56 Å². The predicted octanol–water partition coefficient (Wildman–Crippen LogP) is 4.81. The van der Waals surface area contributed by atoms with Gasteiger partial charge in [-0.25, -0.2) is 0 Å². The lowest BCUT2D eigenvalue weighted by atomic mass is 9.99. The van der Waals surface area contributed by atoms with Crippen molar-refractivity contribution in [3.05, 3.63) is 106 Å². The highest BCUT2D eigenvalue weighted by Crippen LogP contribution is 2.37. The molecule has 0 radical (unpaired) electrons. The topological polar surface area (TPSA) is 63.2 Å². The number of hydrogen-bond donors (Lipinski definition) is 0. The van der Waals surface area contributed by atoms with Crippen molar-refractivity contribution >= 4 is 10.9 Å². The summed E-state index contributed by atoms with van der Waals surface area (Å²) in [5.41, 5.74) is 6.43. The molecular formula is C29H28N4O3. The van der Waals surface area contributed by atoms with Gasteiger partial charge in [0.1, 0.15) is 11.6 Å². The third-order valence-electron chi connectivity index (χ3n) is 7.04. The minimum Gasteiger partial charge on any atom is -0.377 e. The quantitative estimate of drug-likeness (QED) is 0.350. The number of aromatic nitrogens is 4.